The molecule has 2 aromatic carbocycles. The Labute approximate surface area is 185 Å². The molecule has 0 spiro atoms. The molecule has 1 aromatic heterocycles. The minimum atomic E-state index is -0.427. The molecule has 0 aliphatic heterocycles. The summed E-state index contributed by atoms with van der Waals surface area (Å²) in [6.45, 7) is 5.69. The van der Waals surface area contributed by atoms with Crippen LogP contribution in [-0.2, 0) is 0 Å². The number of aromatic nitrogens is 1. The van der Waals surface area contributed by atoms with Crippen LogP contribution in [0.25, 0.3) is 5.69 Å². The number of nitrogens with zero attached hydrogens (tertiary/aromatic N) is 3. The summed E-state index contributed by atoms with van der Waals surface area (Å²) in [7, 11) is 3.00. The van der Waals surface area contributed by atoms with E-state index in [9.17, 15) is 14.9 Å². The fraction of sp³-hybridized carbons (Fsp3) is 0.217. The van der Waals surface area contributed by atoms with E-state index in [0.29, 0.717) is 17.1 Å². The smallest absolute Gasteiger partial charge is 0.275 e. The molecule has 32 heavy (non-hydrogen) atoms. The first-order valence-corrected chi connectivity index (χ1v) is 9.76. The van der Waals surface area contributed by atoms with Crippen molar-refractivity contribution in [2.45, 2.75) is 20.8 Å². The molecule has 0 aliphatic carbocycles. The van der Waals surface area contributed by atoms with Gasteiger partial charge in [0, 0.05) is 35.2 Å². The standard InChI is InChI=1S/C23H24N4O5/c1-14-6-7-18(27(29)30)11-21(14)26-15(2)10-17(16(26)3)13-24-25-23(28)20-9-8-19(31-4)12-22(20)32-5/h6-13H,1-5H3,(H,25,28)/b24-13-. The van der Waals surface area contributed by atoms with Gasteiger partial charge in [-0.2, -0.15) is 5.10 Å². The molecule has 3 rings (SSSR count). The third kappa shape index (κ3) is 4.46. The largest absolute Gasteiger partial charge is 0.497 e. The van der Waals surface area contributed by atoms with Crippen LogP contribution in [0.4, 0.5) is 5.69 Å². The molecular weight excluding hydrogens is 412 g/mol. The van der Waals surface area contributed by atoms with Gasteiger partial charge in [0.25, 0.3) is 11.6 Å². The van der Waals surface area contributed by atoms with E-state index in [0.717, 1.165) is 28.2 Å². The normalized spacial score (nSPS) is 10.9. The van der Waals surface area contributed by atoms with Crippen molar-refractivity contribution in [1.29, 1.82) is 0 Å². The van der Waals surface area contributed by atoms with Crippen LogP contribution in [-0.4, -0.2) is 35.8 Å². The molecule has 1 amide bonds. The molecule has 1 N–H and O–H groups in total. The highest BCUT2D eigenvalue weighted by atomic mass is 16.6. The van der Waals surface area contributed by atoms with E-state index in [1.807, 2.05) is 31.4 Å². The van der Waals surface area contributed by atoms with E-state index >= 15 is 0 Å². The van der Waals surface area contributed by atoms with Crippen molar-refractivity contribution in [2.75, 3.05) is 14.2 Å². The van der Waals surface area contributed by atoms with Crippen molar-refractivity contribution >= 4 is 17.8 Å². The van der Waals surface area contributed by atoms with Gasteiger partial charge in [0.1, 0.15) is 11.5 Å². The summed E-state index contributed by atoms with van der Waals surface area (Å²) in [6.07, 6.45) is 1.54. The van der Waals surface area contributed by atoms with Gasteiger partial charge in [0.2, 0.25) is 0 Å². The molecule has 3 aromatic rings. The quantitative estimate of drug-likeness (QED) is 0.341. The minimum absolute atomic E-state index is 0.0222. The Kier molecular flexibility index (Phi) is 6.58. The number of nitro benzene ring substituents is 1. The Hall–Kier alpha value is -4.14. The summed E-state index contributed by atoms with van der Waals surface area (Å²) in [5.41, 5.74) is 6.97. The summed E-state index contributed by atoms with van der Waals surface area (Å²) in [6, 6.07) is 11.5. The molecule has 0 aliphatic rings. The number of benzene rings is 2. The topological polar surface area (TPSA) is 108 Å². The SMILES string of the molecule is COc1ccc(C(=O)N/N=C\c2cc(C)n(-c3cc([N+](=O)[O-])ccc3C)c2C)c(OC)c1. The van der Waals surface area contributed by atoms with Crippen LogP contribution in [0, 0.1) is 30.9 Å². The van der Waals surface area contributed by atoms with Crippen LogP contribution in [0.15, 0.2) is 47.6 Å². The molecule has 0 saturated heterocycles. The lowest BCUT2D eigenvalue weighted by atomic mass is 10.1. The summed E-state index contributed by atoms with van der Waals surface area (Å²) >= 11 is 0. The van der Waals surface area contributed by atoms with Gasteiger partial charge in [0.05, 0.1) is 36.6 Å². The average Bonchev–Trinajstić information content (AvgIpc) is 3.06. The number of non-ortho nitro benzene ring substituents is 1. The lowest BCUT2D eigenvalue weighted by molar-refractivity contribution is -0.384. The molecule has 0 bridgehead atoms. The van der Waals surface area contributed by atoms with Crippen molar-refractivity contribution < 1.29 is 19.2 Å². The highest BCUT2D eigenvalue weighted by Gasteiger charge is 2.16. The Morgan fingerprint density at radius 2 is 1.84 bits per heavy atom. The highest BCUT2D eigenvalue weighted by molar-refractivity contribution is 5.97. The number of amides is 1. The lowest BCUT2D eigenvalue weighted by Gasteiger charge is -2.12. The first-order chi connectivity index (χ1) is 15.3. The van der Waals surface area contributed by atoms with Crippen LogP contribution >= 0.6 is 0 Å². The third-order valence-electron chi connectivity index (χ3n) is 5.14. The molecule has 9 heteroatoms. The molecule has 9 nitrogen and oxygen atoms in total. The molecule has 0 fully saturated rings. The maximum Gasteiger partial charge on any atom is 0.275 e. The minimum Gasteiger partial charge on any atom is -0.497 e. The molecule has 1 heterocycles. The number of rotatable bonds is 7. The van der Waals surface area contributed by atoms with Gasteiger partial charge in [-0.25, -0.2) is 5.43 Å². The van der Waals surface area contributed by atoms with E-state index in [1.165, 1.54) is 20.3 Å². The Bertz CT molecular complexity index is 1210. The summed E-state index contributed by atoms with van der Waals surface area (Å²) < 4.78 is 12.3. The number of hydrazone groups is 1. The van der Waals surface area contributed by atoms with Crippen LogP contribution in [0.3, 0.4) is 0 Å². The van der Waals surface area contributed by atoms with E-state index in [2.05, 4.69) is 10.5 Å². The second-order valence-corrected chi connectivity index (χ2v) is 7.16. The van der Waals surface area contributed by atoms with Gasteiger partial charge in [-0.3, -0.25) is 14.9 Å². The van der Waals surface area contributed by atoms with E-state index in [-0.39, 0.29) is 5.69 Å². The van der Waals surface area contributed by atoms with Crippen molar-refractivity contribution in [3.8, 4) is 17.2 Å². The first kappa shape index (κ1) is 22.5. The second-order valence-electron chi connectivity index (χ2n) is 7.16. The number of methoxy groups -OCH3 is 2. The van der Waals surface area contributed by atoms with E-state index in [4.69, 9.17) is 9.47 Å². The highest BCUT2D eigenvalue weighted by Crippen LogP contribution is 2.26. The van der Waals surface area contributed by atoms with Crippen LogP contribution in [0.5, 0.6) is 11.5 Å². The second kappa shape index (κ2) is 9.34. The predicted octanol–water partition coefficient (Wildman–Crippen LogP) is 4.09. The zero-order valence-electron chi connectivity index (χ0n) is 18.5. The summed E-state index contributed by atoms with van der Waals surface area (Å²) in [4.78, 5) is 23.3. The van der Waals surface area contributed by atoms with Crippen molar-refractivity contribution in [3.05, 3.63) is 80.7 Å². The average molecular weight is 436 g/mol. The van der Waals surface area contributed by atoms with Gasteiger partial charge < -0.3 is 14.0 Å². The first-order valence-electron chi connectivity index (χ1n) is 9.76. The summed E-state index contributed by atoms with van der Waals surface area (Å²) in [5.74, 6) is 0.520. The van der Waals surface area contributed by atoms with Gasteiger partial charge in [-0.15, -0.1) is 0 Å². The monoisotopic (exact) mass is 436 g/mol. The van der Waals surface area contributed by atoms with Crippen LogP contribution < -0.4 is 14.9 Å². The number of aryl methyl sites for hydroxylation is 2. The number of carbonyl (C=O) groups is 1. The van der Waals surface area contributed by atoms with Gasteiger partial charge in [0.15, 0.2) is 0 Å². The molecule has 0 unspecified atom stereocenters. The van der Waals surface area contributed by atoms with Crippen LogP contribution in [0.2, 0.25) is 0 Å². The van der Waals surface area contributed by atoms with E-state index < -0.39 is 10.8 Å². The number of hydrogen-bond acceptors (Lipinski definition) is 6. The Morgan fingerprint density at radius 3 is 2.50 bits per heavy atom. The van der Waals surface area contributed by atoms with Crippen LogP contribution in [0.1, 0.15) is 32.9 Å². The number of carbonyl (C=O) groups excluding carboxylic acids is 1. The van der Waals surface area contributed by atoms with E-state index in [1.54, 1.807) is 36.5 Å². The van der Waals surface area contributed by atoms with Crippen molar-refractivity contribution in [3.63, 3.8) is 0 Å². The third-order valence-corrected chi connectivity index (χ3v) is 5.14. The van der Waals surface area contributed by atoms with Crippen molar-refractivity contribution in [1.82, 2.24) is 9.99 Å². The maximum atomic E-state index is 12.5. The zero-order valence-corrected chi connectivity index (χ0v) is 18.5. The Balaban J connectivity index is 1.85. The number of nitrogens with one attached hydrogen (secondary N) is 1. The molecule has 0 saturated carbocycles. The van der Waals surface area contributed by atoms with Gasteiger partial charge >= 0.3 is 0 Å². The lowest BCUT2D eigenvalue weighted by Crippen LogP contribution is -2.18. The zero-order chi connectivity index (χ0) is 23.4. The molecule has 0 atom stereocenters. The molecular formula is C23H24N4O5. The fourth-order valence-corrected chi connectivity index (χ4v) is 3.45. The molecule has 0 radical (unpaired) electrons. The molecule has 166 valence electrons. The van der Waals surface area contributed by atoms with Crippen molar-refractivity contribution in [2.24, 2.45) is 5.10 Å². The number of nitro groups is 1. The predicted molar refractivity (Wildman–Crippen MR) is 121 cm³/mol. The fourth-order valence-electron chi connectivity index (χ4n) is 3.45. The van der Waals surface area contributed by atoms with Gasteiger partial charge in [-0.05, 0) is 44.5 Å². The van der Waals surface area contributed by atoms with Gasteiger partial charge in [-0.1, -0.05) is 6.07 Å². The number of hydrogen-bond donors (Lipinski definition) is 1. The number of ether oxygens (including phenoxy) is 2. The maximum absolute atomic E-state index is 12.5. The Morgan fingerprint density at radius 1 is 1.09 bits per heavy atom. The summed E-state index contributed by atoms with van der Waals surface area (Å²) in [5, 5.41) is 15.3.